The molecule has 0 saturated carbocycles. The van der Waals surface area contributed by atoms with E-state index in [1.807, 2.05) is 11.3 Å². The normalized spacial score (nSPS) is 11.2. The third-order valence-electron chi connectivity index (χ3n) is 2.31. The Hall–Kier alpha value is -0.380. The van der Waals surface area contributed by atoms with Gasteiger partial charge in [-0.25, -0.2) is 0 Å². The van der Waals surface area contributed by atoms with Crippen LogP contribution in [-0.2, 0) is 17.7 Å². The van der Waals surface area contributed by atoms with Gasteiger partial charge in [-0.15, -0.1) is 11.3 Å². The maximum Gasteiger partial charge on any atom is 0.0518 e. The molecule has 0 saturated heterocycles. The molecule has 1 rings (SSSR count). The summed E-state index contributed by atoms with van der Waals surface area (Å²) < 4.78 is 5.48. The molecule has 0 aliphatic rings. The van der Waals surface area contributed by atoms with E-state index in [4.69, 9.17) is 4.74 Å². The molecule has 92 valence electrons. The van der Waals surface area contributed by atoms with Gasteiger partial charge in [-0.1, -0.05) is 6.92 Å². The Labute approximate surface area is 103 Å². The van der Waals surface area contributed by atoms with Gasteiger partial charge in [0.1, 0.15) is 0 Å². The highest BCUT2D eigenvalue weighted by Gasteiger charge is 1.98. The fourth-order valence-corrected chi connectivity index (χ4v) is 2.36. The highest BCUT2D eigenvalue weighted by molar-refractivity contribution is 7.11. The molecule has 1 aromatic heterocycles. The number of ether oxygens (including phenoxy) is 1. The minimum atomic E-state index is 0.351. The molecule has 0 bridgehead atoms. The lowest BCUT2D eigenvalue weighted by Gasteiger charge is -2.07. The van der Waals surface area contributed by atoms with Crippen LogP contribution in [0.3, 0.4) is 0 Å². The van der Waals surface area contributed by atoms with Crippen LogP contribution in [0.25, 0.3) is 0 Å². The molecule has 0 aromatic carbocycles. The third-order valence-corrected chi connectivity index (χ3v) is 3.54. The van der Waals surface area contributed by atoms with Gasteiger partial charge in [0, 0.05) is 22.9 Å². The van der Waals surface area contributed by atoms with E-state index in [-0.39, 0.29) is 0 Å². The van der Waals surface area contributed by atoms with Crippen molar-refractivity contribution in [1.29, 1.82) is 0 Å². The Balaban J connectivity index is 2.02. The number of hydrogen-bond acceptors (Lipinski definition) is 3. The van der Waals surface area contributed by atoms with Crippen molar-refractivity contribution in [3.8, 4) is 0 Å². The van der Waals surface area contributed by atoms with Crippen molar-refractivity contribution in [3.05, 3.63) is 21.9 Å². The molecule has 1 heterocycles. The van der Waals surface area contributed by atoms with Crippen LogP contribution in [0, 0.1) is 0 Å². The van der Waals surface area contributed by atoms with Crippen LogP contribution >= 0.6 is 11.3 Å². The number of hydrogen-bond donors (Lipinski definition) is 1. The van der Waals surface area contributed by atoms with Crippen molar-refractivity contribution in [2.45, 2.75) is 46.3 Å². The maximum absolute atomic E-state index is 5.48. The van der Waals surface area contributed by atoms with Crippen LogP contribution in [0.15, 0.2) is 12.1 Å². The van der Waals surface area contributed by atoms with E-state index < -0.39 is 0 Å². The summed E-state index contributed by atoms with van der Waals surface area (Å²) in [6.45, 7) is 9.23. The lowest BCUT2D eigenvalue weighted by atomic mass is 10.3. The molecule has 0 unspecified atom stereocenters. The zero-order valence-corrected chi connectivity index (χ0v) is 11.4. The molecule has 0 amide bonds. The second-order valence-electron chi connectivity index (χ2n) is 4.17. The predicted molar refractivity (Wildman–Crippen MR) is 71.1 cm³/mol. The molecule has 16 heavy (non-hydrogen) atoms. The first-order valence-electron chi connectivity index (χ1n) is 6.12. The van der Waals surface area contributed by atoms with Gasteiger partial charge in [0.05, 0.1) is 6.10 Å². The zero-order valence-electron chi connectivity index (χ0n) is 10.6. The molecule has 0 aliphatic carbocycles. The molecule has 0 spiro atoms. The molecule has 2 nitrogen and oxygen atoms in total. The van der Waals surface area contributed by atoms with Gasteiger partial charge in [0.2, 0.25) is 0 Å². The van der Waals surface area contributed by atoms with Crippen LogP contribution in [0.5, 0.6) is 0 Å². The number of aryl methyl sites for hydroxylation is 1. The van der Waals surface area contributed by atoms with E-state index in [1.54, 1.807) is 0 Å². The first-order valence-corrected chi connectivity index (χ1v) is 6.94. The van der Waals surface area contributed by atoms with Crippen molar-refractivity contribution in [2.24, 2.45) is 0 Å². The quantitative estimate of drug-likeness (QED) is 0.706. The van der Waals surface area contributed by atoms with E-state index >= 15 is 0 Å². The van der Waals surface area contributed by atoms with Crippen molar-refractivity contribution < 1.29 is 4.74 Å². The standard InChI is InChI=1S/C13H23NOS/c1-4-12-6-7-13(16-12)10-14-8-5-9-15-11(2)3/h6-7,11,14H,4-5,8-10H2,1-3H3. The maximum atomic E-state index is 5.48. The molecule has 1 N–H and O–H groups in total. The SMILES string of the molecule is CCc1ccc(CNCCCOC(C)C)s1. The van der Waals surface area contributed by atoms with Gasteiger partial charge in [0.25, 0.3) is 0 Å². The van der Waals surface area contributed by atoms with Crippen LogP contribution in [0.2, 0.25) is 0 Å². The summed E-state index contributed by atoms with van der Waals surface area (Å²) in [4.78, 5) is 2.90. The molecule has 0 atom stereocenters. The van der Waals surface area contributed by atoms with E-state index in [9.17, 15) is 0 Å². The van der Waals surface area contributed by atoms with Gasteiger partial charge in [0.15, 0.2) is 0 Å². The molecule has 0 fully saturated rings. The average molecular weight is 241 g/mol. The second kappa shape index (κ2) is 7.82. The van der Waals surface area contributed by atoms with Gasteiger partial charge in [-0.05, 0) is 45.4 Å². The van der Waals surface area contributed by atoms with Crippen LogP contribution < -0.4 is 5.32 Å². The second-order valence-corrected chi connectivity index (χ2v) is 5.42. The minimum absolute atomic E-state index is 0.351. The van der Waals surface area contributed by atoms with E-state index in [2.05, 4.69) is 38.2 Å². The number of thiophene rings is 1. The summed E-state index contributed by atoms with van der Waals surface area (Å²) in [5, 5.41) is 3.44. The Kier molecular flexibility index (Phi) is 6.69. The Morgan fingerprint density at radius 1 is 1.31 bits per heavy atom. The fraction of sp³-hybridized carbons (Fsp3) is 0.692. The lowest BCUT2D eigenvalue weighted by Crippen LogP contribution is -2.16. The Morgan fingerprint density at radius 3 is 2.69 bits per heavy atom. The summed E-state index contributed by atoms with van der Waals surface area (Å²) in [5.41, 5.74) is 0. The molecular formula is C13H23NOS. The van der Waals surface area contributed by atoms with E-state index in [1.165, 1.54) is 9.75 Å². The highest BCUT2D eigenvalue weighted by Crippen LogP contribution is 2.16. The third kappa shape index (κ3) is 5.64. The molecular weight excluding hydrogens is 218 g/mol. The van der Waals surface area contributed by atoms with Crippen molar-refractivity contribution in [1.82, 2.24) is 5.32 Å². The lowest BCUT2D eigenvalue weighted by molar-refractivity contribution is 0.0770. The first-order chi connectivity index (χ1) is 7.72. The van der Waals surface area contributed by atoms with E-state index in [0.29, 0.717) is 6.10 Å². The summed E-state index contributed by atoms with van der Waals surface area (Å²) in [6, 6.07) is 4.45. The largest absolute Gasteiger partial charge is 0.379 e. The summed E-state index contributed by atoms with van der Waals surface area (Å²) in [7, 11) is 0. The van der Waals surface area contributed by atoms with Crippen LogP contribution in [-0.4, -0.2) is 19.3 Å². The minimum Gasteiger partial charge on any atom is -0.379 e. The Bertz CT molecular complexity index is 283. The van der Waals surface area contributed by atoms with Crippen molar-refractivity contribution >= 4 is 11.3 Å². The van der Waals surface area contributed by atoms with Gasteiger partial charge in [-0.2, -0.15) is 0 Å². The van der Waals surface area contributed by atoms with Gasteiger partial charge >= 0.3 is 0 Å². The zero-order chi connectivity index (χ0) is 11.8. The molecule has 0 radical (unpaired) electrons. The molecule has 3 heteroatoms. The molecule has 1 aromatic rings. The van der Waals surface area contributed by atoms with Gasteiger partial charge in [-0.3, -0.25) is 0 Å². The summed E-state index contributed by atoms with van der Waals surface area (Å²) in [5.74, 6) is 0. The average Bonchev–Trinajstić information content (AvgIpc) is 2.70. The van der Waals surface area contributed by atoms with Crippen LogP contribution in [0.1, 0.15) is 36.9 Å². The summed E-state index contributed by atoms with van der Waals surface area (Å²) >= 11 is 1.91. The van der Waals surface area contributed by atoms with Crippen molar-refractivity contribution in [3.63, 3.8) is 0 Å². The smallest absolute Gasteiger partial charge is 0.0518 e. The molecule has 0 aliphatic heterocycles. The number of rotatable bonds is 8. The summed E-state index contributed by atoms with van der Waals surface area (Å²) in [6.07, 6.45) is 2.58. The van der Waals surface area contributed by atoms with Gasteiger partial charge < -0.3 is 10.1 Å². The predicted octanol–water partition coefficient (Wildman–Crippen LogP) is 3.22. The first kappa shape index (κ1) is 13.7. The fourth-order valence-electron chi connectivity index (χ4n) is 1.44. The number of nitrogens with one attached hydrogen (secondary N) is 1. The Morgan fingerprint density at radius 2 is 2.06 bits per heavy atom. The van der Waals surface area contributed by atoms with Crippen LogP contribution in [0.4, 0.5) is 0 Å². The topological polar surface area (TPSA) is 21.3 Å². The monoisotopic (exact) mass is 241 g/mol. The van der Waals surface area contributed by atoms with E-state index in [0.717, 1.165) is 32.5 Å². The van der Waals surface area contributed by atoms with Crippen molar-refractivity contribution in [2.75, 3.05) is 13.2 Å². The highest BCUT2D eigenvalue weighted by atomic mass is 32.1.